The van der Waals surface area contributed by atoms with Gasteiger partial charge in [-0.3, -0.25) is 9.69 Å². The van der Waals surface area contributed by atoms with Crippen LogP contribution >= 0.6 is 11.3 Å². The number of anilines is 1. The molecule has 3 heterocycles. The van der Waals surface area contributed by atoms with E-state index in [1.54, 1.807) is 18.4 Å². The van der Waals surface area contributed by atoms with Crippen LogP contribution in [0.2, 0.25) is 0 Å². The Bertz CT molecular complexity index is 1660. The third kappa shape index (κ3) is 7.73. The quantitative estimate of drug-likeness (QED) is 0.233. The molecule has 2 amide bonds. The monoisotopic (exact) mass is 700 g/mol. The number of amides is 2. The number of methoxy groups -OCH3 is 1. The van der Waals surface area contributed by atoms with Gasteiger partial charge < -0.3 is 14.4 Å². The molecule has 3 fully saturated rings. The van der Waals surface area contributed by atoms with Crippen molar-refractivity contribution in [2.75, 3.05) is 25.1 Å². The van der Waals surface area contributed by atoms with E-state index in [9.17, 15) is 9.59 Å². The number of ether oxygens (including phenoxy) is 2. The highest BCUT2D eigenvalue weighted by Crippen LogP contribution is 2.40. The normalized spacial score (nSPS) is 25.0. The molecule has 0 spiro atoms. The fourth-order valence-corrected chi connectivity index (χ4v) is 8.88. The van der Waals surface area contributed by atoms with Crippen molar-refractivity contribution in [3.63, 3.8) is 0 Å². The number of aryl methyl sites for hydroxylation is 1. The number of hydrogen-bond donors (Lipinski definition) is 0. The van der Waals surface area contributed by atoms with Crippen LogP contribution in [-0.2, 0) is 14.9 Å². The SMILES string of the molecule is COc1ccc(C2CCC(CN(C(=O)C3CCC(OC(=O)N4CC(C)C4(C)C)CC3)c3cc(-c4cnc(C(C)(C)C)s4)ccn3)CC2)cc1C. The molecule has 50 heavy (non-hydrogen) atoms. The van der Waals surface area contributed by atoms with E-state index in [2.05, 4.69) is 72.7 Å². The second-order valence-corrected chi connectivity index (χ2v) is 17.6. The van der Waals surface area contributed by atoms with Crippen molar-refractivity contribution in [2.24, 2.45) is 17.8 Å². The summed E-state index contributed by atoms with van der Waals surface area (Å²) in [6, 6.07) is 10.7. The summed E-state index contributed by atoms with van der Waals surface area (Å²) < 4.78 is 11.5. The number of hydrogen-bond acceptors (Lipinski definition) is 7. The van der Waals surface area contributed by atoms with E-state index < -0.39 is 0 Å². The van der Waals surface area contributed by atoms with Crippen molar-refractivity contribution < 1.29 is 19.1 Å². The van der Waals surface area contributed by atoms with Crippen molar-refractivity contribution in [3.05, 3.63) is 58.9 Å². The van der Waals surface area contributed by atoms with E-state index in [4.69, 9.17) is 19.4 Å². The lowest BCUT2D eigenvalue weighted by Gasteiger charge is -2.53. The second-order valence-electron chi connectivity index (χ2n) is 16.6. The van der Waals surface area contributed by atoms with E-state index >= 15 is 0 Å². The summed E-state index contributed by atoms with van der Waals surface area (Å²) in [5.41, 5.74) is 3.40. The number of carbonyl (C=O) groups excluding carboxylic acids is 2. The summed E-state index contributed by atoms with van der Waals surface area (Å²) >= 11 is 1.70. The Morgan fingerprint density at radius 2 is 1.72 bits per heavy atom. The molecule has 3 aromatic rings. The van der Waals surface area contributed by atoms with Crippen LogP contribution in [0, 0.1) is 24.7 Å². The third-order valence-electron chi connectivity index (χ3n) is 11.8. The fraction of sp³-hybridized carbons (Fsp3) is 0.610. The maximum absolute atomic E-state index is 14.5. The molecular formula is C41H56N4O4S. The molecule has 1 aromatic carbocycles. The molecule has 0 radical (unpaired) electrons. The molecule has 2 aliphatic carbocycles. The Morgan fingerprint density at radius 3 is 2.32 bits per heavy atom. The van der Waals surface area contributed by atoms with Crippen LogP contribution in [0.1, 0.15) is 115 Å². The first-order valence-corrected chi connectivity index (χ1v) is 19.4. The van der Waals surface area contributed by atoms with Gasteiger partial charge in [0.15, 0.2) is 0 Å². The number of pyridine rings is 1. The molecule has 1 saturated heterocycles. The molecule has 6 rings (SSSR count). The number of aromatic nitrogens is 2. The van der Waals surface area contributed by atoms with Crippen molar-refractivity contribution >= 4 is 29.2 Å². The van der Waals surface area contributed by atoms with Crippen LogP contribution in [0.5, 0.6) is 5.75 Å². The number of likely N-dealkylation sites (tertiary alicyclic amines) is 1. The highest BCUT2D eigenvalue weighted by molar-refractivity contribution is 7.15. The highest BCUT2D eigenvalue weighted by Gasteiger charge is 2.47. The maximum Gasteiger partial charge on any atom is 0.410 e. The molecule has 3 aliphatic rings. The van der Waals surface area contributed by atoms with E-state index in [0.29, 0.717) is 55.8 Å². The third-order valence-corrected chi connectivity index (χ3v) is 13.2. The summed E-state index contributed by atoms with van der Waals surface area (Å²) in [5.74, 6) is 3.05. The minimum Gasteiger partial charge on any atom is -0.496 e. The van der Waals surface area contributed by atoms with Gasteiger partial charge in [-0.05, 0) is 125 Å². The van der Waals surface area contributed by atoms with Crippen LogP contribution in [0.25, 0.3) is 10.4 Å². The predicted molar refractivity (Wildman–Crippen MR) is 201 cm³/mol. The lowest BCUT2D eigenvalue weighted by Crippen LogP contribution is -2.65. The van der Waals surface area contributed by atoms with E-state index in [0.717, 1.165) is 53.4 Å². The molecule has 2 aromatic heterocycles. The van der Waals surface area contributed by atoms with Gasteiger partial charge in [-0.2, -0.15) is 0 Å². The largest absolute Gasteiger partial charge is 0.496 e. The zero-order valence-electron chi connectivity index (χ0n) is 31.3. The number of rotatable bonds is 8. The second kappa shape index (κ2) is 14.6. The number of benzene rings is 1. The van der Waals surface area contributed by atoms with Gasteiger partial charge in [-0.25, -0.2) is 14.8 Å². The summed E-state index contributed by atoms with van der Waals surface area (Å²) in [6.07, 6.45) is 10.6. The Labute approximate surface area is 303 Å². The van der Waals surface area contributed by atoms with Gasteiger partial charge in [0.1, 0.15) is 17.7 Å². The van der Waals surface area contributed by atoms with Crippen LogP contribution in [-0.4, -0.2) is 58.7 Å². The average molecular weight is 701 g/mol. The van der Waals surface area contributed by atoms with Crippen LogP contribution in [0.4, 0.5) is 10.6 Å². The van der Waals surface area contributed by atoms with Crippen molar-refractivity contribution in [3.8, 4) is 16.2 Å². The summed E-state index contributed by atoms with van der Waals surface area (Å²) in [5, 5.41) is 1.09. The maximum atomic E-state index is 14.5. The summed E-state index contributed by atoms with van der Waals surface area (Å²) in [4.78, 5) is 41.9. The molecule has 0 bridgehead atoms. The Balaban J connectivity index is 1.16. The first-order chi connectivity index (χ1) is 23.7. The highest BCUT2D eigenvalue weighted by atomic mass is 32.1. The smallest absolute Gasteiger partial charge is 0.410 e. The van der Waals surface area contributed by atoms with Gasteiger partial charge in [-0.15, -0.1) is 11.3 Å². The zero-order valence-corrected chi connectivity index (χ0v) is 32.1. The Kier molecular flexibility index (Phi) is 10.6. The molecule has 8 nitrogen and oxygen atoms in total. The molecule has 270 valence electrons. The lowest BCUT2D eigenvalue weighted by atomic mass is 9.78. The minimum atomic E-state index is -0.219. The van der Waals surface area contributed by atoms with Gasteiger partial charge in [0.25, 0.3) is 0 Å². The number of carbonyl (C=O) groups is 2. The number of nitrogens with zero attached hydrogens (tertiary/aromatic N) is 4. The van der Waals surface area contributed by atoms with Gasteiger partial charge >= 0.3 is 6.09 Å². The minimum absolute atomic E-state index is 0.0266. The molecule has 1 aliphatic heterocycles. The Morgan fingerprint density at radius 1 is 1.00 bits per heavy atom. The molecule has 9 heteroatoms. The summed E-state index contributed by atoms with van der Waals surface area (Å²) in [6.45, 7) is 16.4. The molecular weight excluding hydrogens is 645 g/mol. The van der Waals surface area contributed by atoms with Crippen LogP contribution < -0.4 is 9.64 Å². The lowest BCUT2D eigenvalue weighted by molar-refractivity contribution is -0.124. The van der Waals surface area contributed by atoms with Gasteiger partial charge in [0, 0.05) is 42.4 Å². The standard InChI is InChI=1S/C41H56N4O4S/c1-26-21-31(15-18-34(26)48-8)29-11-9-28(10-12-29)25-44(36-22-32(19-20-42-36)35-23-43-38(50-35)40(3,4)5)37(46)30-13-16-33(17-14-30)49-39(47)45-24-27(2)41(45,6)7/h15,18-23,27-30,33H,9-14,16-17,24-25H2,1-8H3. The molecule has 2 saturated carbocycles. The molecule has 1 unspecified atom stereocenters. The van der Waals surface area contributed by atoms with E-state index in [-0.39, 0.29) is 35.0 Å². The first-order valence-electron chi connectivity index (χ1n) is 18.6. The Hall–Kier alpha value is -3.46. The predicted octanol–water partition coefficient (Wildman–Crippen LogP) is 9.55. The average Bonchev–Trinajstić information content (AvgIpc) is 3.62. The summed E-state index contributed by atoms with van der Waals surface area (Å²) in [7, 11) is 1.72. The van der Waals surface area contributed by atoms with Gasteiger partial charge in [0.2, 0.25) is 5.91 Å². The topological polar surface area (TPSA) is 84.9 Å². The molecule has 0 N–H and O–H groups in total. The van der Waals surface area contributed by atoms with E-state index in [1.807, 2.05) is 28.3 Å². The van der Waals surface area contributed by atoms with Crippen LogP contribution in [0.3, 0.4) is 0 Å². The zero-order chi connectivity index (χ0) is 35.8. The van der Waals surface area contributed by atoms with Crippen molar-refractivity contribution in [2.45, 2.75) is 123 Å². The van der Waals surface area contributed by atoms with Gasteiger partial charge in [0.05, 0.1) is 17.0 Å². The van der Waals surface area contributed by atoms with Gasteiger partial charge in [-0.1, -0.05) is 39.8 Å². The van der Waals surface area contributed by atoms with Crippen molar-refractivity contribution in [1.29, 1.82) is 0 Å². The molecule has 1 atom stereocenters. The number of thiazole rings is 1. The van der Waals surface area contributed by atoms with Crippen molar-refractivity contribution in [1.82, 2.24) is 14.9 Å². The van der Waals surface area contributed by atoms with E-state index in [1.165, 1.54) is 11.1 Å². The first kappa shape index (κ1) is 36.3. The fourth-order valence-electron chi connectivity index (χ4n) is 7.91. The van der Waals surface area contributed by atoms with Crippen LogP contribution in [0.15, 0.2) is 42.7 Å².